The number of hydrogen-bond donors (Lipinski definition) is 2. The zero-order chi connectivity index (χ0) is 23.0. The van der Waals surface area contributed by atoms with Gasteiger partial charge in [0, 0.05) is 27.9 Å². The first-order chi connectivity index (χ1) is 14.4. The summed E-state index contributed by atoms with van der Waals surface area (Å²) in [5.74, 6) is -0.414. The molecule has 1 atom stereocenters. The normalized spacial score (nSPS) is 13.1. The highest BCUT2D eigenvalue weighted by atomic mass is 35.5. The van der Waals surface area contributed by atoms with Crippen molar-refractivity contribution in [3.05, 3.63) is 87.7 Å². The Morgan fingerprint density at radius 1 is 1.06 bits per heavy atom. The number of rotatable bonds is 6. The lowest BCUT2D eigenvalue weighted by Gasteiger charge is -2.13. The van der Waals surface area contributed by atoms with E-state index in [4.69, 9.17) is 11.6 Å². The van der Waals surface area contributed by atoms with Crippen molar-refractivity contribution >= 4 is 33.1 Å². The average Bonchev–Trinajstić information content (AvgIpc) is 3.08. The lowest BCUT2D eigenvalue weighted by molar-refractivity contribution is -0.0429. The summed E-state index contributed by atoms with van der Waals surface area (Å²) >= 11 is 5.86. The minimum absolute atomic E-state index is 0.190. The molecule has 3 aromatic rings. The van der Waals surface area contributed by atoms with Gasteiger partial charge in [-0.3, -0.25) is 9.52 Å². The number of nitrogens with one attached hydrogen (secondary N) is 2. The molecule has 1 heterocycles. The van der Waals surface area contributed by atoms with Crippen molar-refractivity contribution in [1.82, 2.24) is 4.98 Å². The monoisotopic (exact) mass is 470 g/mol. The fourth-order valence-corrected chi connectivity index (χ4v) is 3.72. The zero-order valence-electron chi connectivity index (χ0n) is 16.4. The maximum absolute atomic E-state index is 12.8. The van der Waals surface area contributed by atoms with Crippen molar-refractivity contribution in [3.8, 4) is 0 Å². The van der Waals surface area contributed by atoms with E-state index in [0.717, 1.165) is 16.8 Å². The molecule has 0 saturated carbocycles. The van der Waals surface area contributed by atoms with Crippen molar-refractivity contribution in [2.45, 2.75) is 25.3 Å². The summed E-state index contributed by atoms with van der Waals surface area (Å²) in [7, 11) is -5.48. The zero-order valence-corrected chi connectivity index (χ0v) is 18.0. The van der Waals surface area contributed by atoms with Crippen LogP contribution in [0.3, 0.4) is 0 Å². The summed E-state index contributed by atoms with van der Waals surface area (Å²) in [6, 6.07) is 13.9. The van der Waals surface area contributed by atoms with Crippen molar-refractivity contribution in [1.29, 1.82) is 0 Å². The number of anilines is 1. The summed E-state index contributed by atoms with van der Waals surface area (Å²) in [5.41, 5.74) is -2.48. The summed E-state index contributed by atoms with van der Waals surface area (Å²) in [4.78, 5) is 15.9. The highest BCUT2D eigenvalue weighted by Gasteiger charge is 2.46. The van der Waals surface area contributed by atoms with Crippen molar-refractivity contribution in [3.63, 3.8) is 0 Å². The van der Waals surface area contributed by atoms with Crippen LogP contribution in [0.25, 0.3) is 0 Å². The molecule has 0 amide bonds. The quantitative estimate of drug-likeness (QED) is 0.459. The number of sulfonamides is 1. The molecular weight excluding hydrogens is 453 g/mol. The van der Waals surface area contributed by atoms with E-state index >= 15 is 0 Å². The number of aromatic amines is 1. The van der Waals surface area contributed by atoms with Gasteiger partial charge in [0.05, 0.1) is 5.69 Å². The molecule has 0 spiro atoms. The van der Waals surface area contributed by atoms with Gasteiger partial charge in [0.2, 0.25) is 5.78 Å². The van der Waals surface area contributed by atoms with E-state index in [1.54, 1.807) is 31.2 Å². The minimum atomic E-state index is -5.48. The first-order valence-corrected chi connectivity index (χ1v) is 10.9. The van der Waals surface area contributed by atoms with Crippen LogP contribution in [0.4, 0.5) is 18.9 Å². The third-order valence-corrected chi connectivity index (χ3v) is 6.17. The Balaban J connectivity index is 1.81. The third kappa shape index (κ3) is 4.94. The van der Waals surface area contributed by atoms with E-state index in [1.165, 1.54) is 29.0 Å². The maximum atomic E-state index is 12.8. The molecule has 2 N–H and O–H groups in total. The van der Waals surface area contributed by atoms with E-state index in [1.807, 2.05) is 13.0 Å². The number of alkyl halides is 3. The van der Waals surface area contributed by atoms with Crippen LogP contribution in [-0.2, 0) is 10.0 Å². The van der Waals surface area contributed by atoms with Crippen molar-refractivity contribution in [2.24, 2.45) is 0 Å². The molecule has 31 heavy (non-hydrogen) atoms. The van der Waals surface area contributed by atoms with Gasteiger partial charge in [-0.1, -0.05) is 30.7 Å². The highest BCUT2D eigenvalue weighted by Crippen LogP contribution is 2.29. The summed E-state index contributed by atoms with van der Waals surface area (Å²) in [6.07, 6.45) is 0. The largest absolute Gasteiger partial charge is 0.516 e. The Labute approximate surface area is 182 Å². The molecule has 0 fully saturated rings. The van der Waals surface area contributed by atoms with E-state index in [-0.39, 0.29) is 17.4 Å². The fourth-order valence-electron chi connectivity index (χ4n) is 3.03. The molecular formula is C21H18ClF3N2O3S. The first-order valence-electron chi connectivity index (χ1n) is 9.08. The highest BCUT2D eigenvalue weighted by molar-refractivity contribution is 7.93. The van der Waals surface area contributed by atoms with Crippen LogP contribution in [0.1, 0.15) is 45.7 Å². The average molecular weight is 471 g/mol. The van der Waals surface area contributed by atoms with Gasteiger partial charge in [0.1, 0.15) is 0 Å². The van der Waals surface area contributed by atoms with Gasteiger partial charge >= 0.3 is 15.5 Å². The molecule has 0 bridgehead atoms. The Morgan fingerprint density at radius 3 is 2.19 bits per heavy atom. The standard InChI is InChI=1S/C21H18ClF3N2O3S/c1-12-11-18(26-19(12)20(28)15-3-7-16(22)8-4-15)13(2)14-5-9-17(10-6-14)27-31(29,30)21(23,24)25/h3-11,13,26-27H,1-2H3. The van der Waals surface area contributed by atoms with Gasteiger partial charge < -0.3 is 4.98 Å². The summed E-state index contributed by atoms with van der Waals surface area (Å²) < 4.78 is 61.5. The van der Waals surface area contributed by atoms with Crippen molar-refractivity contribution < 1.29 is 26.4 Å². The molecule has 164 valence electrons. The SMILES string of the molecule is Cc1cc(C(C)c2ccc(NS(=O)(=O)C(F)(F)F)cc2)[nH]c1C(=O)c1ccc(Cl)cc1. The van der Waals surface area contributed by atoms with Gasteiger partial charge in [0.25, 0.3) is 0 Å². The van der Waals surface area contributed by atoms with Gasteiger partial charge in [-0.05, 0) is 60.5 Å². The summed E-state index contributed by atoms with van der Waals surface area (Å²) in [6.45, 7) is 3.65. The van der Waals surface area contributed by atoms with Gasteiger partial charge in [0.15, 0.2) is 0 Å². The Bertz CT molecular complexity index is 1200. The number of aromatic nitrogens is 1. The number of carbonyl (C=O) groups is 1. The Kier molecular flexibility index (Phi) is 6.20. The van der Waals surface area contributed by atoms with Crippen LogP contribution in [0, 0.1) is 6.92 Å². The lowest BCUT2D eigenvalue weighted by Crippen LogP contribution is -2.29. The first kappa shape index (κ1) is 22.9. The number of ketones is 1. The molecule has 1 aromatic heterocycles. The molecule has 0 aliphatic carbocycles. The van der Waals surface area contributed by atoms with E-state index < -0.39 is 15.5 Å². The Morgan fingerprint density at radius 2 is 1.65 bits per heavy atom. The summed E-state index contributed by atoms with van der Waals surface area (Å²) in [5, 5.41) is 0.523. The van der Waals surface area contributed by atoms with Gasteiger partial charge in [-0.25, -0.2) is 0 Å². The molecule has 0 aliphatic heterocycles. The van der Waals surface area contributed by atoms with Crippen LogP contribution < -0.4 is 4.72 Å². The smallest absolute Gasteiger partial charge is 0.355 e. The second-order valence-electron chi connectivity index (χ2n) is 7.01. The Hall–Kier alpha value is -2.78. The predicted octanol–water partition coefficient (Wildman–Crippen LogP) is 5.62. The number of H-pyrrole nitrogens is 1. The van der Waals surface area contributed by atoms with Crippen LogP contribution in [0.15, 0.2) is 54.6 Å². The molecule has 1 unspecified atom stereocenters. The second kappa shape index (κ2) is 8.39. The number of halogens is 4. The number of benzene rings is 2. The molecule has 3 rings (SSSR count). The van der Waals surface area contributed by atoms with Gasteiger partial charge in [-0.2, -0.15) is 21.6 Å². The predicted molar refractivity (Wildman–Crippen MR) is 113 cm³/mol. The molecule has 0 aliphatic rings. The lowest BCUT2D eigenvalue weighted by atomic mass is 9.97. The molecule has 0 radical (unpaired) electrons. The topological polar surface area (TPSA) is 79.0 Å². The number of aryl methyl sites for hydroxylation is 1. The van der Waals surface area contributed by atoms with Crippen LogP contribution >= 0.6 is 11.6 Å². The van der Waals surface area contributed by atoms with E-state index in [9.17, 15) is 26.4 Å². The fraction of sp³-hybridized carbons (Fsp3) is 0.190. The number of carbonyl (C=O) groups excluding carboxylic acids is 1. The third-order valence-electron chi connectivity index (χ3n) is 4.80. The van der Waals surface area contributed by atoms with Crippen molar-refractivity contribution in [2.75, 3.05) is 4.72 Å². The van der Waals surface area contributed by atoms with Crippen LogP contribution in [0.5, 0.6) is 0 Å². The van der Waals surface area contributed by atoms with E-state index in [0.29, 0.717) is 16.3 Å². The molecule has 2 aromatic carbocycles. The minimum Gasteiger partial charge on any atom is -0.355 e. The second-order valence-corrected chi connectivity index (χ2v) is 9.12. The maximum Gasteiger partial charge on any atom is 0.516 e. The van der Waals surface area contributed by atoms with Crippen LogP contribution in [0.2, 0.25) is 5.02 Å². The van der Waals surface area contributed by atoms with Crippen LogP contribution in [-0.4, -0.2) is 24.7 Å². The molecule has 10 heteroatoms. The number of hydrogen-bond acceptors (Lipinski definition) is 3. The molecule has 5 nitrogen and oxygen atoms in total. The molecule has 0 saturated heterocycles. The van der Waals surface area contributed by atoms with Gasteiger partial charge in [-0.15, -0.1) is 0 Å². The van der Waals surface area contributed by atoms with E-state index in [2.05, 4.69) is 4.98 Å².